The quantitative estimate of drug-likeness (QED) is 0.808. The van der Waals surface area contributed by atoms with Crippen LogP contribution in [-0.2, 0) is 0 Å². The van der Waals surface area contributed by atoms with E-state index in [0.717, 1.165) is 0 Å². The van der Waals surface area contributed by atoms with E-state index in [-0.39, 0.29) is 17.0 Å². The Morgan fingerprint density at radius 3 is 2.23 bits per heavy atom. The molecule has 3 amide bonds. The number of nitrogens with one attached hydrogen (secondary N) is 2. The summed E-state index contributed by atoms with van der Waals surface area (Å²) in [5.41, 5.74) is -0.0194. The van der Waals surface area contributed by atoms with E-state index in [0.29, 0.717) is 0 Å². The zero-order valence-electron chi connectivity index (χ0n) is 11.3. The fourth-order valence-corrected chi connectivity index (χ4v) is 1.65. The van der Waals surface area contributed by atoms with Gasteiger partial charge in [0.15, 0.2) is 0 Å². The summed E-state index contributed by atoms with van der Waals surface area (Å²) in [7, 11) is 0. The minimum atomic E-state index is -1.19. The SMILES string of the molecule is O=C(NC(=O)Oc1ccccc1)Nc1ccccc1C(=O)O. The van der Waals surface area contributed by atoms with Crippen LogP contribution in [0.2, 0.25) is 0 Å². The van der Waals surface area contributed by atoms with E-state index < -0.39 is 18.1 Å². The molecule has 2 aromatic carbocycles. The molecule has 0 spiro atoms. The molecule has 2 rings (SSSR count). The molecule has 0 fully saturated rings. The topological polar surface area (TPSA) is 105 Å². The number of carboxylic acid groups (broad SMARTS) is 1. The number of anilines is 1. The third kappa shape index (κ3) is 4.07. The largest absolute Gasteiger partial charge is 0.478 e. The van der Waals surface area contributed by atoms with Gasteiger partial charge in [-0.25, -0.2) is 19.7 Å². The smallest absolute Gasteiger partial charge is 0.420 e. The maximum Gasteiger partial charge on any atom is 0.420 e. The number of carboxylic acids is 1. The molecule has 0 aromatic heterocycles. The second-order valence-corrected chi connectivity index (χ2v) is 4.13. The zero-order chi connectivity index (χ0) is 15.9. The molecule has 0 radical (unpaired) electrons. The van der Waals surface area contributed by atoms with Crippen LogP contribution in [0.15, 0.2) is 54.6 Å². The summed E-state index contributed by atoms with van der Waals surface area (Å²) >= 11 is 0. The van der Waals surface area contributed by atoms with Crippen LogP contribution in [0.1, 0.15) is 10.4 Å². The van der Waals surface area contributed by atoms with Crippen LogP contribution in [0.25, 0.3) is 0 Å². The Balaban J connectivity index is 1.96. The Morgan fingerprint density at radius 1 is 0.909 bits per heavy atom. The highest BCUT2D eigenvalue weighted by Gasteiger charge is 2.14. The average Bonchev–Trinajstić information content (AvgIpc) is 2.48. The normalized spacial score (nSPS) is 9.64. The first kappa shape index (κ1) is 15.0. The summed E-state index contributed by atoms with van der Waals surface area (Å²) in [6.45, 7) is 0. The van der Waals surface area contributed by atoms with Crippen molar-refractivity contribution in [3.63, 3.8) is 0 Å². The van der Waals surface area contributed by atoms with E-state index in [2.05, 4.69) is 5.32 Å². The van der Waals surface area contributed by atoms with Gasteiger partial charge in [0.1, 0.15) is 5.75 Å². The lowest BCUT2D eigenvalue weighted by Crippen LogP contribution is -2.36. The van der Waals surface area contributed by atoms with E-state index in [1.807, 2.05) is 5.32 Å². The molecule has 2 aromatic rings. The van der Waals surface area contributed by atoms with Crippen molar-refractivity contribution in [3.05, 3.63) is 60.2 Å². The number of hydrogen-bond donors (Lipinski definition) is 3. The van der Waals surface area contributed by atoms with E-state index >= 15 is 0 Å². The number of para-hydroxylation sites is 2. The number of aromatic carboxylic acids is 1. The Hall–Kier alpha value is -3.35. The van der Waals surface area contributed by atoms with Crippen LogP contribution in [0, 0.1) is 0 Å². The summed E-state index contributed by atoms with van der Waals surface area (Å²) in [5, 5.41) is 13.2. The zero-order valence-corrected chi connectivity index (χ0v) is 11.3. The third-order valence-electron chi connectivity index (χ3n) is 2.58. The number of benzene rings is 2. The summed E-state index contributed by atoms with van der Waals surface area (Å²) in [4.78, 5) is 34.2. The van der Waals surface area contributed by atoms with Gasteiger partial charge in [0, 0.05) is 0 Å². The molecule has 0 aliphatic carbocycles. The van der Waals surface area contributed by atoms with Crippen molar-refractivity contribution in [2.24, 2.45) is 0 Å². The number of carbonyl (C=O) groups is 3. The summed E-state index contributed by atoms with van der Waals surface area (Å²) in [6, 6.07) is 13.1. The van der Waals surface area contributed by atoms with Crippen LogP contribution in [0.5, 0.6) is 5.75 Å². The van der Waals surface area contributed by atoms with Gasteiger partial charge in [-0.15, -0.1) is 0 Å². The van der Waals surface area contributed by atoms with E-state index in [1.54, 1.807) is 36.4 Å². The number of hydrogen-bond acceptors (Lipinski definition) is 4. The first-order chi connectivity index (χ1) is 10.6. The molecule has 0 aliphatic heterocycles. The van der Waals surface area contributed by atoms with Crippen LogP contribution >= 0.6 is 0 Å². The lowest BCUT2D eigenvalue weighted by atomic mass is 10.2. The van der Waals surface area contributed by atoms with Crippen molar-refractivity contribution in [1.82, 2.24) is 5.32 Å². The molecule has 0 saturated heterocycles. The molecule has 112 valence electrons. The molecule has 7 heteroatoms. The van der Waals surface area contributed by atoms with Gasteiger partial charge in [-0.05, 0) is 24.3 Å². The Labute approximate surface area is 125 Å². The standard InChI is InChI=1S/C15H12N2O5/c18-13(19)11-8-4-5-9-12(11)16-14(20)17-15(21)22-10-6-2-1-3-7-10/h1-9H,(H,18,19)(H2,16,17,20,21). The van der Waals surface area contributed by atoms with Gasteiger partial charge < -0.3 is 15.2 Å². The Kier molecular flexibility index (Phi) is 4.71. The van der Waals surface area contributed by atoms with E-state index in [1.165, 1.54) is 18.2 Å². The number of rotatable bonds is 3. The lowest BCUT2D eigenvalue weighted by molar-refractivity contribution is 0.0698. The van der Waals surface area contributed by atoms with Gasteiger partial charge in [-0.2, -0.15) is 0 Å². The van der Waals surface area contributed by atoms with Crippen LogP contribution in [0.3, 0.4) is 0 Å². The fourth-order valence-electron chi connectivity index (χ4n) is 1.65. The molecule has 7 nitrogen and oxygen atoms in total. The highest BCUT2D eigenvalue weighted by Crippen LogP contribution is 2.14. The van der Waals surface area contributed by atoms with E-state index in [9.17, 15) is 14.4 Å². The molecule has 0 saturated carbocycles. The van der Waals surface area contributed by atoms with Gasteiger partial charge >= 0.3 is 18.1 Å². The predicted octanol–water partition coefficient (Wildman–Crippen LogP) is 2.71. The van der Waals surface area contributed by atoms with Crippen molar-refractivity contribution in [2.75, 3.05) is 5.32 Å². The molecule has 0 bridgehead atoms. The maximum atomic E-state index is 11.7. The molecule has 3 N–H and O–H groups in total. The van der Waals surface area contributed by atoms with Crippen molar-refractivity contribution in [3.8, 4) is 5.75 Å². The van der Waals surface area contributed by atoms with Gasteiger partial charge in [0.25, 0.3) is 0 Å². The third-order valence-corrected chi connectivity index (χ3v) is 2.58. The number of urea groups is 1. The van der Waals surface area contributed by atoms with E-state index in [4.69, 9.17) is 9.84 Å². The minimum absolute atomic E-state index is 0.0695. The van der Waals surface area contributed by atoms with Gasteiger partial charge in [0.05, 0.1) is 11.3 Å². The van der Waals surface area contributed by atoms with Crippen LogP contribution in [0.4, 0.5) is 15.3 Å². The van der Waals surface area contributed by atoms with Gasteiger partial charge in [-0.1, -0.05) is 30.3 Å². The molecule has 0 aliphatic rings. The van der Waals surface area contributed by atoms with Gasteiger partial charge in [-0.3, -0.25) is 0 Å². The second kappa shape index (κ2) is 6.89. The van der Waals surface area contributed by atoms with Gasteiger partial charge in [0.2, 0.25) is 0 Å². The fraction of sp³-hybridized carbons (Fsp3) is 0. The Morgan fingerprint density at radius 2 is 1.55 bits per heavy atom. The lowest BCUT2D eigenvalue weighted by Gasteiger charge is -2.09. The summed E-state index contributed by atoms with van der Waals surface area (Å²) in [5.74, 6) is -0.915. The molecule has 0 unspecified atom stereocenters. The maximum absolute atomic E-state index is 11.7. The first-order valence-electron chi connectivity index (χ1n) is 6.23. The number of ether oxygens (including phenoxy) is 1. The van der Waals surface area contributed by atoms with Crippen molar-refractivity contribution in [2.45, 2.75) is 0 Å². The highest BCUT2D eigenvalue weighted by atomic mass is 16.6. The number of carbonyl (C=O) groups excluding carboxylic acids is 2. The predicted molar refractivity (Wildman–Crippen MR) is 78.0 cm³/mol. The van der Waals surface area contributed by atoms with Crippen molar-refractivity contribution < 1.29 is 24.2 Å². The molecule has 22 heavy (non-hydrogen) atoms. The second-order valence-electron chi connectivity index (χ2n) is 4.13. The molecular weight excluding hydrogens is 288 g/mol. The van der Waals surface area contributed by atoms with Crippen LogP contribution in [-0.4, -0.2) is 23.2 Å². The molecular formula is C15H12N2O5. The highest BCUT2D eigenvalue weighted by molar-refractivity contribution is 6.03. The van der Waals surface area contributed by atoms with Crippen LogP contribution < -0.4 is 15.4 Å². The van der Waals surface area contributed by atoms with Crippen molar-refractivity contribution in [1.29, 1.82) is 0 Å². The first-order valence-corrected chi connectivity index (χ1v) is 6.23. The number of amides is 3. The summed E-state index contributed by atoms with van der Waals surface area (Å²) in [6.07, 6.45) is -0.975. The monoisotopic (exact) mass is 300 g/mol. The molecule has 0 heterocycles. The minimum Gasteiger partial charge on any atom is -0.478 e. The van der Waals surface area contributed by atoms with Crippen molar-refractivity contribution >= 4 is 23.8 Å². The molecule has 0 atom stereocenters. The average molecular weight is 300 g/mol. The number of imide groups is 1. The Bertz CT molecular complexity index is 700. The summed E-state index contributed by atoms with van der Waals surface area (Å²) < 4.78 is 4.87.